The maximum absolute atomic E-state index is 12.3. The molecule has 0 spiro atoms. The number of benzene rings is 1. The lowest BCUT2D eigenvalue weighted by Gasteiger charge is -2.09. The number of carbonyl (C=O) groups is 1. The van der Waals surface area contributed by atoms with Crippen molar-refractivity contribution in [3.63, 3.8) is 0 Å². The SMILES string of the molecule is CCc1nnc(C)cc1C(=O)NCc1ccc(CN)cc1. The average molecular weight is 284 g/mol. The van der Waals surface area contributed by atoms with Crippen molar-refractivity contribution >= 4 is 5.91 Å². The van der Waals surface area contributed by atoms with Crippen LogP contribution in [0.2, 0.25) is 0 Å². The van der Waals surface area contributed by atoms with Gasteiger partial charge in [-0.2, -0.15) is 10.2 Å². The third kappa shape index (κ3) is 3.86. The monoisotopic (exact) mass is 284 g/mol. The van der Waals surface area contributed by atoms with E-state index in [2.05, 4.69) is 15.5 Å². The largest absolute Gasteiger partial charge is 0.348 e. The third-order valence-corrected chi connectivity index (χ3v) is 3.28. The second kappa shape index (κ2) is 6.95. The second-order valence-electron chi connectivity index (χ2n) is 4.90. The van der Waals surface area contributed by atoms with Gasteiger partial charge in [-0.3, -0.25) is 4.79 Å². The summed E-state index contributed by atoms with van der Waals surface area (Å²) in [6, 6.07) is 9.66. The number of aromatic nitrogens is 2. The van der Waals surface area contributed by atoms with Crippen molar-refractivity contribution in [2.45, 2.75) is 33.4 Å². The van der Waals surface area contributed by atoms with Crippen LogP contribution in [0.5, 0.6) is 0 Å². The van der Waals surface area contributed by atoms with Crippen LogP contribution in [0.25, 0.3) is 0 Å². The van der Waals surface area contributed by atoms with E-state index >= 15 is 0 Å². The molecule has 0 aliphatic carbocycles. The minimum atomic E-state index is -0.118. The first-order valence-electron chi connectivity index (χ1n) is 7.03. The van der Waals surface area contributed by atoms with Gasteiger partial charge in [0.15, 0.2) is 0 Å². The summed E-state index contributed by atoms with van der Waals surface area (Å²) < 4.78 is 0. The smallest absolute Gasteiger partial charge is 0.253 e. The van der Waals surface area contributed by atoms with Gasteiger partial charge >= 0.3 is 0 Å². The molecule has 110 valence electrons. The molecule has 1 aromatic carbocycles. The second-order valence-corrected chi connectivity index (χ2v) is 4.90. The summed E-state index contributed by atoms with van der Waals surface area (Å²) in [6.07, 6.45) is 0.682. The molecule has 1 heterocycles. The van der Waals surface area contributed by atoms with Crippen LogP contribution in [-0.2, 0) is 19.5 Å². The molecule has 0 radical (unpaired) electrons. The summed E-state index contributed by atoms with van der Waals surface area (Å²) in [5.41, 5.74) is 9.74. The van der Waals surface area contributed by atoms with E-state index in [4.69, 9.17) is 5.73 Å². The Morgan fingerprint density at radius 2 is 1.86 bits per heavy atom. The average Bonchev–Trinajstić information content (AvgIpc) is 2.53. The van der Waals surface area contributed by atoms with E-state index in [0.29, 0.717) is 25.1 Å². The maximum Gasteiger partial charge on any atom is 0.253 e. The van der Waals surface area contributed by atoms with Crippen molar-refractivity contribution in [3.05, 3.63) is 58.4 Å². The minimum absolute atomic E-state index is 0.118. The number of hydrogen-bond acceptors (Lipinski definition) is 4. The first kappa shape index (κ1) is 15.1. The first-order valence-corrected chi connectivity index (χ1v) is 7.03. The molecule has 1 aromatic heterocycles. The molecular formula is C16H20N4O. The van der Waals surface area contributed by atoms with Gasteiger partial charge in [0.2, 0.25) is 0 Å². The van der Waals surface area contributed by atoms with Gasteiger partial charge < -0.3 is 11.1 Å². The van der Waals surface area contributed by atoms with Crippen LogP contribution in [0.4, 0.5) is 0 Å². The molecule has 0 unspecified atom stereocenters. The fourth-order valence-electron chi connectivity index (χ4n) is 2.04. The van der Waals surface area contributed by atoms with E-state index in [1.165, 1.54) is 0 Å². The Kier molecular flexibility index (Phi) is 5.00. The van der Waals surface area contributed by atoms with Crippen molar-refractivity contribution in [3.8, 4) is 0 Å². The summed E-state index contributed by atoms with van der Waals surface area (Å²) in [5, 5.41) is 11.0. The van der Waals surface area contributed by atoms with Crippen LogP contribution in [0, 0.1) is 6.92 Å². The Labute approximate surface area is 124 Å². The van der Waals surface area contributed by atoms with Gasteiger partial charge in [0.1, 0.15) is 0 Å². The molecule has 0 saturated heterocycles. The van der Waals surface area contributed by atoms with E-state index in [9.17, 15) is 4.79 Å². The van der Waals surface area contributed by atoms with E-state index in [0.717, 1.165) is 22.5 Å². The molecule has 2 rings (SSSR count). The van der Waals surface area contributed by atoms with E-state index in [1.54, 1.807) is 6.07 Å². The fraction of sp³-hybridized carbons (Fsp3) is 0.312. The van der Waals surface area contributed by atoms with Crippen molar-refractivity contribution in [2.75, 3.05) is 0 Å². The number of rotatable bonds is 5. The van der Waals surface area contributed by atoms with Gasteiger partial charge in [-0.25, -0.2) is 0 Å². The number of hydrogen-bond donors (Lipinski definition) is 2. The number of nitrogens with two attached hydrogens (primary N) is 1. The Balaban J connectivity index is 2.05. The first-order chi connectivity index (χ1) is 10.1. The molecule has 0 aliphatic rings. The number of nitrogens with one attached hydrogen (secondary N) is 1. The number of aryl methyl sites for hydroxylation is 2. The topological polar surface area (TPSA) is 80.9 Å². The highest BCUT2D eigenvalue weighted by Crippen LogP contribution is 2.08. The molecule has 21 heavy (non-hydrogen) atoms. The molecule has 0 aliphatic heterocycles. The molecule has 5 nitrogen and oxygen atoms in total. The normalized spacial score (nSPS) is 10.4. The summed E-state index contributed by atoms with van der Waals surface area (Å²) >= 11 is 0. The summed E-state index contributed by atoms with van der Waals surface area (Å²) in [5.74, 6) is -0.118. The van der Waals surface area contributed by atoms with Gasteiger partial charge in [-0.1, -0.05) is 31.2 Å². The summed E-state index contributed by atoms with van der Waals surface area (Å²) in [4.78, 5) is 12.3. The van der Waals surface area contributed by atoms with Gasteiger partial charge in [0.05, 0.1) is 17.0 Å². The van der Waals surface area contributed by atoms with E-state index in [1.807, 2.05) is 38.1 Å². The van der Waals surface area contributed by atoms with Crippen molar-refractivity contribution in [1.82, 2.24) is 15.5 Å². The van der Waals surface area contributed by atoms with Crippen molar-refractivity contribution < 1.29 is 4.79 Å². The van der Waals surface area contributed by atoms with Crippen LogP contribution >= 0.6 is 0 Å². The standard InChI is InChI=1S/C16H20N4O/c1-3-15-14(8-11(2)19-20-15)16(21)18-10-13-6-4-12(9-17)5-7-13/h4-8H,3,9-10,17H2,1-2H3,(H,18,21). The number of nitrogens with zero attached hydrogens (tertiary/aromatic N) is 2. The van der Waals surface area contributed by atoms with Crippen LogP contribution in [-0.4, -0.2) is 16.1 Å². The molecule has 0 bridgehead atoms. The predicted octanol–water partition coefficient (Wildman–Crippen LogP) is 1.74. The van der Waals surface area contributed by atoms with E-state index < -0.39 is 0 Å². The molecule has 2 aromatic rings. The molecule has 0 fully saturated rings. The summed E-state index contributed by atoms with van der Waals surface area (Å²) in [7, 11) is 0. The van der Waals surface area contributed by atoms with Crippen LogP contribution in [0.3, 0.4) is 0 Å². The minimum Gasteiger partial charge on any atom is -0.348 e. The molecule has 0 atom stereocenters. The highest BCUT2D eigenvalue weighted by Gasteiger charge is 2.12. The molecule has 1 amide bonds. The van der Waals surface area contributed by atoms with Crippen molar-refractivity contribution in [2.24, 2.45) is 5.73 Å². The quantitative estimate of drug-likeness (QED) is 0.876. The van der Waals surface area contributed by atoms with Crippen molar-refractivity contribution in [1.29, 1.82) is 0 Å². The van der Waals surface area contributed by atoms with Gasteiger partial charge in [0.25, 0.3) is 5.91 Å². The maximum atomic E-state index is 12.3. The lowest BCUT2D eigenvalue weighted by molar-refractivity contribution is 0.0949. The third-order valence-electron chi connectivity index (χ3n) is 3.28. The van der Waals surface area contributed by atoms with E-state index in [-0.39, 0.29) is 5.91 Å². The number of amides is 1. The Morgan fingerprint density at radius 1 is 1.19 bits per heavy atom. The number of carbonyl (C=O) groups excluding carboxylic acids is 1. The fourth-order valence-corrected chi connectivity index (χ4v) is 2.04. The zero-order valence-electron chi connectivity index (χ0n) is 12.4. The summed E-state index contributed by atoms with van der Waals surface area (Å²) in [6.45, 7) is 4.79. The Morgan fingerprint density at radius 3 is 2.48 bits per heavy atom. The molecule has 3 N–H and O–H groups in total. The Bertz CT molecular complexity index is 623. The highest BCUT2D eigenvalue weighted by atomic mass is 16.1. The molecule has 0 saturated carbocycles. The van der Waals surface area contributed by atoms with Gasteiger partial charge in [-0.15, -0.1) is 0 Å². The molecule has 5 heteroatoms. The highest BCUT2D eigenvalue weighted by molar-refractivity contribution is 5.95. The van der Waals surface area contributed by atoms with Gasteiger partial charge in [-0.05, 0) is 30.5 Å². The van der Waals surface area contributed by atoms with Crippen LogP contribution < -0.4 is 11.1 Å². The predicted molar refractivity (Wildman–Crippen MR) is 81.7 cm³/mol. The van der Waals surface area contributed by atoms with Gasteiger partial charge in [0, 0.05) is 13.1 Å². The van der Waals surface area contributed by atoms with Crippen LogP contribution in [0.1, 0.15) is 39.8 Å². The zero-order valence-corrected chi connectivity index (χ0v) is 12.4. The zero-order chi connectivity index (χ0) is 15.2. The Hall–Kier alpha value is -2.27. The lowest BCUT2D eigenvalue weighted by atomic mass is 10.1. The van der Waals surface area contributed by atoms with Crippen LogP contribution in [0.15, 0.2) is 30.3 Å². The molecular weight excluding hydrogens is 264 g/mol. The lowest BCUT2D eigenvalue weighted by Crippen LogP contribution is -2.24.